The summed E-state index contributed by atoms with van der Waals surface area (Å²) >= 11 is 0. The smallest absolute Gasteiger partial charge is 0.0973 e. The van der Waals surface area contributed by atoms with Gasteiger partial charge in [-0.3, -0.25) is 0 Å². The van der Waals surface area contributed by atoms with Gasteiger partial charge < -0.3 is 0 Å². The molecule has 110 valence electrons. The molecule has 0 aromatic carbocycles. The first-order chi connectivity index (χ1) is 8.90. The van der Waals surface area contributed by atoms with Crippen molar-refractivity contribution >= 4 is 11.0 Å². The minimum absolute atomic E-state index is 0.189. The second kappa shape index (κ2) is 7.39. The molecule has 1 N–H and O–H groups in total. The SMILES string of the molecule is C=CC(C=C)[C@H](NS(=O)C(C)(C)C)C1CCCCC1. The van der Waals surface area contributed by atoms with E-state index in [-0.39, 0.29) is 16.7 Å². The number of rotatable bonds is 6. The summed E-state index contributed by atoms with van der Waals surface area (Å²) in [7, 11) is -1.04. The number of hydrogen-bond acceptors (Lipinski definition) is 1. The van der Waals surface area contributed by atoms with E-state index in [0.29, 0.717) is 5.92 Å². The molecule has 2 nitrogen and oxygen atoms in total. The fourth-order valence-electron chi connectivity index (χ4n) is 2.67. The molecule has 0 heterocycles. The molecule has 19 heavy (non-hydrogen) atoms. The van der Waals surface area contributed by atoms with E-state index in [0.717, 1.165) is 0 Å². The molecule has 1 aliphatic carbocycles. The third-order valence-corrected chi connectivity index (χ3v) is 5.51. The maximum absolute atomic E-state index is 12.4. The highest BCUT2D eigenvalue weighted by atomic mass is 32.2. The second-order valence-electron chi connectivity index (χ2n) is 6.47. The van der Waals surface area contributed by atoms with E-state index < -0.39 is 11.0 Å². The lowest BCUT2D eigenvalue weighted by Gasteiger charge is -2.35. The van der Waals surface area contributed by atoms with Crippen LogP contribution < -0.4 is 4.72 Å². The summed E-state index contributed by atoms with van der Waals surface area (Å²) in [6.07, 6.45) is 10.2. The Balaban J connectivity index is 2.82. The summed E-state index contributed by atoms with van der Waals surface area (Å²) in [5.41, 5.74) is 0. The quantitative estimate of drug-likeness (QED) is 0.734. The summed E-state index contributed by atoms with van der Waals surface area (Å²) in [4.78, 5) is 0. The van der Waals surface area contributed by atoms with Crippen LogP contribution in [0.2, 0.25) is 0 Å². The Bertz CT molecular complexity index is 318. The van der Waals surface area contributed by atoms with Gasteiger partial charge in [0.15, 0.2) is 0 Å². The van der Waals surface area contributed by atoms with Crippen LogP contribution in [0.4, 0.5) is 0 Å². The summed E-state index contributed by atoms with van der Waals surface area (Å²) < 4.78 is 15.5. The van der Waals surface area contributed by atoms with Crippen LogP contribution in [0.3, 0.4) is 0 Å². The molecule has 0 bridgehead atoms. The Hall–Kier alpha value is -0.410. The van der Waals surface area contributed by atoms with E-state index in [9.17, 15) is 4.21 Å². The molecule has 1 saturated carbocycles. The van der Waals surface area contributed by atoms with Crippen molar-refractivity contribution in [3.63, 3.8) is 0 Å². The lowest BCUT2D eigenvalue weighted by atomic mass is 9.79. The van der Waals surface area contributed by atoms with Gasteiger partial charge in [-0.15, -0.1) is 13.2 Å². The van der Waals surface area contributed by atoms with Gasteiger partial charge in [0.25, 0.3) is 0 Å². The highest BCUT2D eigenvalue weighted by Crippen LogP contribution is 2.31. The van der Waals surface area contributed by atoms with Crippen molar-refractivity contribution < 1.29 is 4.21 Å². The Labute approximate surface area is 121 Å². The van der Waals surface area contributed by atoms with Crippen LogP contribution in [-0.4, -0.2) is 15.0 Å². The van der Waals surface area contributed by atoms with Gasteiger partial charge in [-0.05, 0) is 39.5 Å². The molecule has 0 saturated heterocycles. The summed E-state index contributed by atoms with van der Waals surface area (Å²) in [5.74, 6) is 0.774. The molecule has 0 aliphatic heterocycles. The molecule has 0 aromatic heterocycles. The van der Waals surface area contributed by atoms with Crippen molar-refractivity contribution in [2.45, 2.75) is 63.7 Å². The molecule has 1 fully saturated rings. The third kappa shape index (κ3) is 4.88. The van der Waals surface area contributed by atoms with Crippen LogP contribution in [0.5, 0.6) is 0 Å². The van der Waals surface area contributed by atoms with Crippen molar-refractivity contribution in [1.82, 2.24) is 4.72 Å². The van der Waals surface area contributed by atoms with Gasteiger partial charge in [0, 0.05) is 12.0 Å². The Kier molecular flexibility index (Phi) is 6.48. The van der Waals surface area contributed by atoms with Crippen molar-refractivity contribution in [3.8, 4) is 0 Å². The Morgan fingerprint density at radius 1 is 1.16 bits per heavy atom. The minimum atomic E-state index is -1.04. The van der Waals surface area contributed by atoms with Crippen molar-refractivity contribution in [3.05, 3.63) is 25.3 Å². The summed E-state index contributed by atoms with van der Waals surface area (Å²) in [6.45, 7) is 13.8. The van der Waals surface area contributed by atoms with E-state index in [2.05, 4.69) is 17.9 Å². The van der Waals surface area contributed by atoms with Gasteiger partial charge in [-0.2, -0.15) is 0 Å². The fourth-order valence-corrected chi connectivity index (χ4v) is 3.62. The second-order valence-corrected chi connectivity index (χ2v) is 8.47. The normalized spacial score (nSPS) is 21.1. The van der Waals surface area contributed by atoms with Crippen molar-refractivity contribution in [2.24, 2.45) is 11.8 Å². The van der Waals surface area contributed by atoms with E-state index in [1.807, 2.05) is 32.9 Å². The Morgan fingerprint density at radius 2 is 1.68 bits per heavy atom. The molecule has 0 aromatic rings. The topological polar surface area (TPSA) is 29.1 Å². The summed E-state index contributed by atoms with van der Waals surface area (Å²) in [5, 5.41) is 0. The molecule has 2 atom stereocenters. The molecular formula is C16H29NOS. The van der Waals surface area contributed by atoms with Crippen molar-refractivity contribution in [1.29, 1.82) is 0 Å². The monoisotopic (exact) mass is 283 g/mol. The zero-order chi connectivity index (χ0) is 14.5. The van der Waals surface area contributed by atoms with Crippen LogP contribution >= 0.6 is 0 Å². The largest absolute Gasteiger partial charge is 0.242 e. The molecule has 1 aliphatic rings. The predicted molar refractivity (Wildman–Crippen MR) is 85.3 cm³/mol. The maximum atomic E-state index is 12.4. The maximum Gasteiger partial charge on any atom is 0.0973 e. The first-order valence-corrected chi connectivity index (χ1v) is 8.48. The molecular weight excluding hydrogens is 254 g/mol. The lowest BCUT2D eigenvalue weighted by molar-refractivity contribution is 0.270. The Morgan fingerprint density at radius 3 is 2.11 bits per heavy atom. The third-order valence-electron chi connectivity index (χ3n) is 3.92. The first kappa shape index (κ1) is 16.6. The molecule has 3 heteroatoms. The van der Waals surface area contributed by atoms with E-state index in [1.165, 1.54) is 32.1 Å². The van der Waals surface area contributed by atoms with Gasteiger partial charge in [-0.1, -0.05) is 31.4 Å². The standard InChI is InChI=1S/C16H29NOS/c1-6-13(7-2)15(14-11-9-8-10-12-14)17-19(18)16(3,4)5/h6-7,13-15,17H,1-2,8-12H2,3-5H3/t15-,19?/m0/s1. The number of nitrogens with one attached hydrogen (secondary N) is 1. The van der Waals surface area contributed by atoms with E-state index >= 15 is 0 Å². The highest BCUT2D eigenvalue weighted by Gasteiger charge is 2.31. The highest BCUT2D eigenvalue weighted by molar-refractivity contribution is 7.84. The average molecular weight is 283 g/mol. The van der Waals surface area contributed by atoms with Crippen LogP contribution in [0, 0.1) is 11.8 Å². The van der Waals surface area contributed by atoms with E-state index in [4.69, 9.17) is 0 Å². The average Bonchev–Trinajstić information content (AvgIpc) is 2.38. The van der Waals surface area contributed by atoms with Crippen LogP contribution in [-0.2, 0) is 11.0 Å². The molecule has 1 unspecified atom stereocenters. The zero-order valence-corrected chi connectivity index (χ0v) is 13.5. The lowest BCUT2D eigenvalue weighted by Crippen LogP contribution is -2.47. The van der Waals surface area contributed by atoms with Crippen LogP contribution in [0.15, 0.2) is 25.3 Å². The van der Waals surface area contributed by atoms with Crippen LogP contribution in [0.25, 0.3) is 0 Å². The predicted octanol–water partition coefficient (Wildman–Crippen LogP) is 3.98. The fraction of sp³-hybridized carbons (Fsp3) is 0.750. The van der Waals surface area contributed by atoms with Gasteiger partial charge in [0.1, 0.15) is 0 Å². The summed E-state index contributed by atoms with van der Waals surface area (Å²) in [6, 6.07) is 0.204. The van der Waals surface area contributed by atoms with E-state index in [1.54, 1.807) is 0 Å². The molecule has 0 radical (unpaired) electrons. The molecule has 0 spiro atoms. The zero-order valence-electron chi connectivity index (χ0n) is 12.7. The molecule has 0 amide bonds. The van der Waals surface area contributed by atoms with Gasteiger partial charge in [-0.25, -0.2) is 8.93 Å². The van der Waals surface area contributed by atoms with Crippen molar-refractivity contribution in [2.75, 3.05) is 0 Å². The number of hydrogen-bond donors (Lipinski definition) is 1. The van der Waals surface area contributed by atoms with Gasteiger partial charge >= 0.3 is 0 Å². The first-order valence-electron chi connectivity index (χ1n) is 7.33. The molecule has 1 rings (SSSR count). The van der Waals surface area contributed by atoms with Gasteiger partial charge in [0.05, 0.1) is 15.7 Å². The van der Waals surface area contributed by atoms with Crippen LogP contribution in [0.1, 0.15) is 52.9 Å². The van der Waals surface area contributed by atoms with Gasteiger partial charge in [0.2, 0.25) is 0 Å². The minimum Gasteiger partial charge on any atom is -0.242 e.